The number of methoxy groups -OCH3 is 1. The number of benzene rings is 1. The highest BCUT2D eigenvalue weighted by Crippen LogP contribution is 2.33. The van der Waals surface area contributed by atoms with E-state index in [0.29, 0.717) is 11.2 Å². The van der Waals surface area contributed by atoms with Crippen molar-refractivity contribution in [3.63, 3.8) is 0 Å². The van der Waals surface area contributed by atoms with Gasteiger partial charge in [0, 0.05) is 23.9 Å². The summed E-state index contributed by atoms with van der Waals surface area (Å²) in [6.07, 6.45) is 1.93. The van der Waals surface area contributed by atoms with Crippen LogP contribution >= 0.6 is 11.3 Å². The fraction of sp³-hybridized carbons (Fsp3) is 0.438. The molecule has 0 radical (unpaired) electrons. The minimum absolute atomic E-state index is 0.316. The molecule has 4 nitrogen and oxygen atoms in total. The molecule has 2 aromatic rings. The van der Waals surface area contributed by atoms with Crippen molar-refractivity contribution < 1.29 is 4.74 Å². The van der Waals surface area contributed by atoms with Crippen molar-refractivity contribution in [2.24, 2.45) is 0 Å². The molecule has 112 valence electrons. The van der Waals surface area contributed by atoms with Gasteiger partial charge in [0.2, 0.25) is 0 Å². The van der Waals surface area contributed by atoms with Crippen LogP contribution in [0.25, 0.3) is 0 Å². The van der Waals surface area contributed by atoms with E-state index in [4.69, 9.17) is 10.5 Å². The van der Waals surface area contributed by atoms with Crippen LogP contribution in [-0.4, -0.2) is 18.6 Å². The number of nitrogen functional groups attached to an aromatic ring is 1. The zero-order valence-electron chi connectivity index (χ0n) is 12.7. The molecule has 1 atom stereocenters. The third kappa shape index (κ3) is 2.76. The third-order valence-electron chi connectivity index (χ3n) is 3.98. The molecule has 1 aliphatic heterocycles. The fourth-order valence-corrected chi connectivity index (χ4v) is 4.13. The van der Waals surface area contributed by atoms with Gasteiger partial charge in [0.25, 0.3) is 0 Å². The van der Waals surface area contributed by atoms with Crippen LogP contribution in [0.3, 0.4) is 0 Å². The van der Waals surface area contributed by atoms with E-state index in [2.05, 4.69) is 36.3 Å². The van der Waals surface area contributed by atoms with E-state index in [-0.39, 0.29) is 0 Å². The molecule has 1 aliphatic rings. The Morgan fingerprint density at radius 1 is 1.38 bits per heavy atom. The Morgan fingerprint density at radius 3 is 2.76 bits per heavy atom. The van der Waals surface area contributed by atoms with Crippen molar-refractivity contribution in [2.75, 3.05) is 19.4 Å². The largest absolute Gasteiger partial charge is 0.496 e. The van der Waals surface area contributed by atoms with Crippen LogP contribution < -0.4 is 15.8 Å². The van der Waals surface area contributed by atoms with E-state index in [0.717, 1.165) is 25.1 Å². The average Bonchev–Trinajstić information content (AvgIpc) is 2.80. The highest BCUT2D eigenvalue weighted by Gasteiger charge is 2.24. The smallest absolute Gasteiger partial charge is 0.180 e. The van der Waals surface area contributed by atoms with Crippen LogP contribution in [0.15, 0.2) is 12.1 Å². The number of ether oxygens (including phenoxy) is 1. The lowest BCUT2D eigenvalue weighted by Gasteiger charge is -2.23. The second kappa shape index (κ2) is 5.66. The number of nitrogens with one attached hydrogen (secondary N) is 1. The molecule has 21 heavy (non-hydrogen) atoms. The van der Waals surface area contributed by atoms with Crippen LogP contribution in [0, 0.1) is 13.8 Å². The molecule has 0 saturated carbocycles. The van der Waals surface area contributed by atoms with Crippen molar-refractivity contribution in [2.45, 2.75) is 32.7 Å². The maximum atomic E-state index is 5.86. The molecule has 0 saturated heterocycles. The monoisotopic (exact) mass is 303 g/mol. The van der Waals surface area contributed by atoms with Gasteiger partial charge >= 0.3 is 0 Å². The van der Waals surface area contributed by atoms with Crippen molar-refractivity contribution in [1.82, 2.24) is 10.3 Å². The number of anilines is 1. The second-order valence-corrected chi connectivity index (χ2v) is 6.65. The molecule has 0 amide bonds. The number of hydrogen-bond acceptors (Lipinski definition) is 5. The Balaban J connectivity index is 1.88. The Bertz CT molecular complexity index is 643. The van der Waals surface area contributed by atoms with E-state index >= 15 is 0 Å². The first kappa shape index (κ1) is 14.4. The molecule has 3 N–H and O–H groups in total. The van der Waals surface area contributed by atoms with Crippen molar-refractivity contribution in [1.29, 1.82) is 0 Å². The molecule has 1 aromatic carbocycles. The molecule has 1 unspecified atom stereocenters. The highest BCUT2D eigenvalue weighted by molar-refractivity contribution is 7.15. The summed E-state index contributed by atoms with van der Waals surface area (Å²) in [4.78, 5) is 5.74. The molecule has 0 fully saturated rings. The van der Waals surface area contributed by atoms with Gasteiger partial charge in [0.15, 0.2) is 5.13 Å². The van der Waals surface area contributed by atoms with E-state index in [1.165, 1.54) is 27.3 Å². The molecule has 0 spiro atoms. The van der Waals surface area contributed by atoms with Gasteiger partial charge in [0.05, 0.1) is 12.8 Å². The van der Waals surface area contributed by atoms with E-state index in [9.17, 15) is 0 Å². The lowest BCUT2D eigenvalue weighted by Crippen LogP contribution is -2.30. The van der Waals surface area contributed by atoms with Gasteiger partial charge in [-0.2, -0.15) is 0 Å². The SMILES string of the molecule is COc1c(C)cc(CC2NCCc3nc(N)sc32)cc1C. The first-order valence-electron chi connectivity index (χ1n) is 7.21. The Labute approximate surface area is 129 Å². The number of aryl methyl sites for hydroxylation is 2. The van der Waals surface area contributed by atoms with E-state index in [1.54, 1.807) is 18.4 Å². The summed E-state index contributed by atoms with van der Waals surface area (Å²) >= 11 is 1.61. The molecular formula is C16H21N3OS. The predicted molar refractivity (Wildman–Crippen MR) is 87.1 cm³/mol. The van der Waals surface area contributed by atoms with E-state index in [1.807, 2.05) is 0 Å². The van der Waals surface area contributed by atoms with Gasteiger partial charge in [-0.05, 0) is 37.0 Å². The number of aromatic nitrogens is 1. The van der Waals surface area contributed by atoms with Crippen molar-refractivity contribution in [3.05, 3.63) is 39.4 Å². The highest BCUT2D eigenvalue weighted by atomic mass is 32.1. The maximum Gasteiger partial charge on any atom is 0.180 e. The first-order chi connectivity index (χ1) is 10.1. The summed E-state index contributed by atoms with van der Waals surface area (Å²) in [5.74, 6) is 0.984. The number of thiazole rings is 1. The summed E-state index contributed by atoms with van der Waals surface area (Å²) in [5.41, 5.74) is 10.7. The molecule has 5 heteroatoms. The van der Waals surface area contributed by atoms with Crippen LogP contribution in [0.5, 0.6) is 5.75 Å². The standard InChI is InChI=1S/C16H21N3OS/c1-9-6-11(7-10(2)14(9)20-3)8-13-15-12(4-5-18-13)19-16(17)21-15/h6-7,13,18H,4-5,8H2,1-3H3,(H2,17,19). The number of hydrogen-bond donors (Lipinski definition) is 2. The van der Waals surface area contributed by atoms with Crippen LogP contribution in [0.4, 0.5) is 5.13 Å². The molecule has 1 aromatic heterocycles. The quantitative estimate of drug-likeness (QED) is 0.915. The topological polar surface area (TPSA) is 60.2 Å². The Kier molecular flexibility index (Phi) is 3.87. The minimum Gasteiger partial charge on any atom is -0.496 e. The van der Waals surface area contributed by atoms with Crippen LogP contribution in [0.1, 0.15) is 33.3 Å². The Morgan fingerprint density at radius 2 is 2.10 bits per heavy atom. The van der Waals surface area contributed by atoms with Crippen molar-refractivity contribution >= 4 is 16.5 Å². The molecular weight excluding hydrogens is 282 g/mol. The summed E-state index contributed by atoms with van der Waals surface area (Å²) in [6.45, 7) is 5.16. The fourth-order valence-electron chi connectivity index (χ4n) is 3.17. The molecule has 0 bridgehead atoms. The van der Waals surface area contributed by atoms with E-state index < -0.39 is 0 Å². The maximum absolute atomic E-state index is 5.86. The normalized spacial score (nSPS) is 17.6. The Hall–Kier alpha value is -1.59. The van der Waals surface area contributed by atoms with Crippen LogP contribution in [0.2, 0.25) is 0 Å². The van der Waals surface area contributed by atoms with Gasteiger partial charge in [0.1, 0.15) is 5.75 Å². The van der Waals surface area contributed by atoms with Gasteiger partial charge in [-0.3, -0.25) is 0 Å². The van der Waals surface area contributed by atoms with Crippen LogP contribution in [-0.2, 0) is 12.8 Å². The third-order valence-corrected chi connectivity index (χ3v) is 5.02. The lowest BCUT2D eigenvalue weighted by atomic mass is 9.97. The summed E-state index contributed by atoms with van der Waals surface area (Å²) in [7, 11) is 1.73. The summed E-state index contributed by atoms with van der Waals surface area (Å²) < 4.78 is 5.44. The predicted octanol–water partition coefficient (Wildman–Crippen LogP) is 2.78. The van der Waals surface area contributed by atoms with Crippen molar-refractivity contribution in [3.8, 4) is 5.75 Å². The number of nitrogens with zero attached hydrogens (tertiary/aromatic N) is 1. The number of fused-ring (bicyclic) bond motifs is 1. The van der Waals surface area contributed by atoms with Gasteiger partial charge in [-0.25, -0.2) is 4.98 Å². The van der Waals surface area contributed by atoms with Gasteiger partial charge < -0.3 is 15.8 Å². The zero-order chi connectivity index (χ0) is 15.0. The molecule has 0 aliphatic carbocycles. The van der Waals surface area contributed by atoms with Gasteiger partial charge in [-0.1, -0.05) is 12.1 Å². The van der Waals surface area contributed by atoms with Gasteiger partial charge in [-0.15, -0.1) is 11.3 Å². The number of rotatable bonds is 3. The average molecular weight is 303 g/mol. The lowest BCUT2D eigenvalue weighted by molar-refractivity contribution is 0.408. The summed E-state index contributed by atoms with van der Waals surface area (Å²) in [5, 5.41) is 4.26. The first-order valence-corrected chi connectivity index (χ1v) is 8.02. The summed E-state index contributed by atoms with van der Waals surface area (Å²) in [6, 6.07) is 4.74. The number of nitrogens with two attached hydrogens (primary N) is 1. The zero-order valence-corrected chi connectivity index (χ0v) is 13.5. The molecule has 2 heterocycles. The second-order valence-electron chi connectivity index (χ2n) is 5.59. The minimum atomic E-state index is 0.316. The molecule has 3 rings (SSSR count).